The molecule has 0 spiro atoms. The summed E-state index contributed by atoms with van der Waals surface area (Å²) in [5, 5.41) is 5.19. The van der Waals surface area contributed by atoms with Crippen LogP contribution in [0.1, 0.15) is 45.8 Å². The molecule has 0 saturated heterocycles. The molecular formula is C25H24F2N2O4. The summed E-state index contributed by atoms with van der Waals surface area (Å²) < 4.78 is 39.3. The van der Waals surface area contributed by atoms with Gasteiger partial charge in [0.1, 0.15) is 17.8 Å². The van der Waals surface area contributed by atoms with Gasteiger partial charge in [-0.15, -0.1) is 0 Å². The van der Waals surface area contributed by atoms with Crippen molar-refractivity contribution in [2.45, 2.75) is 19.5 Å². The first-order valence-corrected chi connectivity index (χ1v) is 10.4. The van der Waals surface area contributed by atoms with Crippen molar-refractivity contribution >= 4 is 11.8 Å². The van der Waals surface area contributed by atoms with Gasteiger partial charge in [-0.1, -0.05) is 37.3 Å². The molecule has 172 valence electrons. The molecule has 0 fully saturated rings. The Hall–Kier alpha value is -3.94. The van der Waals surface area contributed by atoms with Crippen molar-refractivity contribution in [2.75, 3.05) is 13.7 Å². The molecule has 0 aliphatic heterocycles. The largest absolute Gasteiger partial charge is 0.493 e. The van der Waals surface area contributed by atoms with Crippen LogP contribution in [0.3, 0.4) is 0 Å². The molecule has 0 radical (unpaired) electrons. The van der Waals surface area contributed by atoms with Crippen LogP contribution in [0.15, 0.2) is 66.7 Å². The molecule has 8 heteroatoms. The predicted octanol–water partition coefficient (Wildman–Crippen LogP) is 4.62. The molecule has 0 heterocycles. The van der Waals surface area contributed by atoms with Gasteiger partial charge in [0, 0.05) is 0 Å². The quantitative estimate of drug-likeness (QED) is 0.463. The molecule has 6 nitrogen and oxygen atoms in total. The van der Waals surface area contributed by atoms with Gasteiger partial charge >= 0.3 is 0 Å². The first kappa shape index (κ1) is 23.7. The fraction of sp³-hybridized carbons (Fsp3) is 0.200. The number of nitrogens with one attached hydrogen (secondary N) is 2. The highest BCUT2D eigenvalue weighted by atomic mass is 19.1. The Bertz CT molecular complexity index is 1080. The number of amides is 2. The van der Waals surface area contributed by atoms with E-state index in [1.165, 1.54) is 43.5 Å². The summed E-state index contributed by atoms with van der Waals surface area (Å²) in [7, 11) is 1.46. The Balaban J connectivity index is 1.94. The Morgan fingerprint density at radius 2 is 1.39 bits per heavy atom. The summed E-state index contributed by atoms with van der Waals surface area (Å²) in [6.45, 7) is 2.44. The number of hydrogen-bond donors (Lipinski definition) is 2. The van der Waals surface area contributed by atoms with E-state index < -0.39 is 29.6 Å². The van der Waals surface area contributed by atoms with Gasteiger partial charge in [-0.05, 0) is 48.4 Å². The minimum atomic E-state index is -1.11. The van der Waals surface area contributed by atoms with Crippen molar-refractivity contribution in [3.05, 3.63) is 95.1 Å². The minimum absolute atomic E-state index is 0.197. The number of ether oxygens (including phenoxy) is 2. The van der Waals surface area contributed by atoms with E-state index in [2.05, 4.69) is 10.6 Å². The van der Waals surface area contributed by atoms with E-state index in [9.17, 15) is 18.4 Å². The van der Waals surface area contributed by atoms with Gasteiger partial charge in [0.15, 0.2) is 11.5 Å². The van der Waals surface area contributed by atoms with Gasteiger partial charge in [0.2, 0.25) is 0 Å². The molecule has 3 aromatic rings. The molecule has 2 amide bonds. The van der Waals surface area contributed by atoms with E-state index in [-0.39, 0.29) is 11.1 Å². The van der Waals surface area contributed by atoms with E-state index in [4.69, 9.17) is 9.47 Å². The molecule has 33 heavy (non-hydrogen) atoms. The highest BCUT2D eigenvalue weighted by Crippen LogP contribution is 2.30. The molecule has 3 aromatic carbocycles. The van der Waals surface area contributed by atoms with Crippen LogP contribution < -0.4 is 20.1 Å². The maximum Gasteiger partial charge on any atom is 0.256 e. The van der Waals surface area contributed by atoms with Gasteiger partial charge in [-0.3, -0.25) is 9.59 Å². The third kappa shape index (κ3) is 5.85. The lowest BCUT2D eigenvalue weighted by molar-refractivity contribution is 0.0879. The summed E-state index contributed by atoms with van der Waals surface area (Å²) in [6.07, 6.45) is -0.316. The van der Waals surface area contributed by atoms with Gasteiger partial charge in [0.25, 0.3) is 11.8 Å². The second-order valence-electron chi connectivity index (χ2n) is 7.10. The third-order valence-electron chi connectivity index (χ3n) is 4.77. The number of carbonyl (C=O) groups excluding carboxylic acids is 2. The van der Waals surface area contributed by atoms with Crippen molar-refractivity contribution < 1.29 is 27.8 Å². The average Bonchev–Trinajstić information content (AvgIpc) is 2.82. The van der Waals surface area contributed by atoms with Crippen molar-refractivity contribution in [3.63, 3.8) is 0 Å². The van der Waals surface area contributed by atoms with Crippen LogP contribution >= 0.6 is 0 Å². The van der Waals surface area contributed by atoms with E-state index >= 15 is 0 Å². The predicted molar refractivity (Wildman–Crippen MR) is 119 cm³/mol. The standard InChI is InChI=1S/C25H24F2N2O4/c1-3-14-33-21-13-12-16(15-22(21)32-2)23(28-24(30)17-8-4-6-10-19(17)26)29-25(31)18-9-5-7-11-20(18)27/h4-13,15,23H,3,14H2,1-2H3,(H,28,30)(H,29,31). The highest BCUT2D eigenvalue weighted by Gasteiger charge is 2.23. The lowest BCUT2D eigenvalue weighted by atomic mass is 10.1. The Morgan fingerprint density at radius 1 is 0.848 bits per heavy atom. The van der Waals surface area contributed by atoms with E-state index in [0.717, 1.165) is 18.6 Å². The van der Waals surface area contributed by atoms with Crippen LogP contribution in [0.25, 0.3) is 0 Å². The average molecular weight is 454 g/mol. The van der Waals surface area contributed by atoms with Crippen molar-refractivity contribution in [1.82, 2.24) is 10.6 Å². The summed E-state index contributed by atoms with van der Waals surface area (Å²) >= 11 is 0. The molecule has 0 saturated carbocycles. The lowest BCUT2D eigenvalue weighted by Crippen LogP contribution is -2.41. The van der Waals surface area contributed by atoms with Crippen LogP contribution in [0.2, 0.25) is 0 Å². The van der Waals surface area contributed by atoms with Gasteiger partial charge < -0.3 is 20.1 Å². The number of halogens is 2. The number of benzene rings is 3. The van der Waals surface area contributed by atoms with Gasteiger partial charge in [-0.2, -0.15) is 0 Å². The van der Waals surface area contributed by atoms with Crippen LogP contribution in [-0.2, 0) is 0 Å². The second-order valence-corrected chi connectivity index (χ2v) is 7.10. The zero-order valence-corrected chi connectivity index (χ0v) is 18.2. The number of methoxy groups -OCH3 is 1. The monoisotopic (exact) mass is 454 g/mol. The van der Waals surface area contributed by atoms with E-state index in [1.54, 1.807) is 18.2 Å². The Labute approximate surface area is 190 Å². The minimum Gasteiger partial charge on any atom is -0.493 e. The maximum atomic E-state index is 14.1. The summed E-state index contributed by atoms with van der Waals surface area (Å²) in [4.78, 5) is 25.5. The molecule has 0 aliphatic rings. The zero-order valence-electron chi connectivity index (χ0n) is 18.2. The molecule has 0 aliphatic carbocycles. The number of hydrogen-bond acceptors (Lipinski definition) is 4. The molecule has 0 bridgehead atoms. The van der Waals surface area contributed by atoms with Crippen molar-refractivity contribution in [2.24, 2.45) is 0 Å². The third-order valence-corrected chi connectivity index (χ3v) is 4.77. The maximum absolute atomic E-state index is 14.1. The van der Waals surface area contributed by atoms with Gasteiger partial charge in [-0.25, -0.2) is 8.78 Å². The molecule has 0 atom stereocenters. The van der Waals surface area contributed by atoms with E-state index in [0.29, 0.717) is 23.7 Å². The lowest BCUT2D eigenvalue weighted by Gasteiger charge is -2.22. The van der Waals surface area contributed by atoms with Crippen LogP contribution in [0.4, 0.5) is 8.78 Å². The number of rotatable bonds is 9. The molecule has 3 rings (SSSR count). The molecule has 0 aromatic heterocycles. The molecule has 2 N–H and O–H groups in total. The fourth-order valence-corrected chi connectivity index (χ4v) is 3.11. The van der Waals surface area contributed by atoms with Gasteiger partial charge in [0.05, 0.1) is 24.8 Å². The fourth-order valence-electron chi connectivity index (χ4n) is 3.11. The first-order valence-electron chi connectivity index (χ1n) is 10.4. The highest BCUT2D eigenvalue weighted by molar-refractivity contribution is 5.97. The Morgan fingerprint density at radius 3 is 1.88 bits per heavy atom. The Kier molecular flexibility index (Phi) is 7.96. The van der Waals surface area contributed by atoms with Crippen molar-refractivity contribution in [1.29, 1.82) is 0 Å². The zero-order chi connectivity index (χ0) is 23.8. The van der Waals surface area contributed by atoms with Crippen LogP contribution in [0.5, 0.6) is 11.5 Å². The van der Waals surface area contributed by atoms with Crippen LogP contribution in [-0.4, -0.2) is 25.5 Å². The molecular weight excluding hydrogens is 430 g/mol. The summed E-state index contributed by atoms with van der Waals surface area (Å²) in [6, 6.07) is 15.8. The summed E-state index contributed by atoms with van der Waals surface area (Å²) in [5.41, 5.74) is 0.0279. The SMILES string of the molecule is CCCOc1ccc(C(NC(=O)c2ccccc2F)NC(=O)c2ccccc2F)cc1OC. The topological polar surface area (TPSA) is 76.7 Å². The first-order chi connectivity index (χ1) is 15.9. The molecule has 0 unspecified atom stereocenters. The smallest absolute Gasteiger partial charge is 0.256 e. The second kappa shape index (κ2) is 11.1. The van der Waals surface area contributed by atoms with Crippen LogP contribution in [0, 0.1) is 11.6 Å². The number of carbonyl (C=O) groups is 2. The summed E-state index contributed by atoms with van der Waals surface area (Å²) in [5.74, 6) is -2.06. The van der Waals surface area contributed by atoms with Crippen molar-refractivity contribution in [3.8, 4) is 11.5 Å². The van der Waals surface area contributed by atoms with E-state index in [1.807, 2.05) is 6.92 Å². The normalized spacial score (nSPS) is 10.6.